The third-order valence-corrected chi connectivity index (χ3v) is 4.82. The van der Waals surface area contributed by atoms with Gasteiger partial charge in [-0.2, -0.15) is 5.10 Å². The van der Waals surface area contributed by atoms with E-state index < -0.39 is 0 Å². The van der Waals surface area contributed by atoms with E-state index in [1.807, 2.05) is 43.7 Å². The first kappa shape index (κ1) is 16.1. The van der Waals surface area contributed by atoms with Crippen molar-refractivity contribution in [1.82, 2.24) is 19.3 Å². The minimum Gasteiger partial charge on any atom is -0.394 e. The van der Waals surface area contributed by atoms with Crippen molar-refractivity contribution in [1.29, 1.82) is 0 Å². The van der Waals surface area contributed by atoms with E-state index in [4.69, 9.17) is 16.7 Å². The number of nitrogens with zero attached hydrogens (tertiary/aromatic N) is 4. The van der Waals surface area contributed by atoms with Gasteiger partial charge in [-0.3, -0.25) is 9.67 Å². The van der Waals surface area contributed by atoms with Gasteiger partial charge < -0.3 is 9.67 Å². The van der Waals surface area contributed by atoms with Crippen LogP contribution in [0.1, 0.15) is 12.6 Å². The Kier molecular flexibility index (Phi) is 3.98. The van der Waals surface area contributed by atoms with E-state index in [1.165, 1.54) is 0 Å². The summed E-state index contributed by atoms with van der Waals surface area (Å²) in [5, 5.41) is 16.5. The summed E-state index contributed by atoms with van der Waals surface area (Å²) in [7, 11) is 0. The summed E-state index contributed by atoms with van der Waals surface area (Å²) in [5.41, 5.74) is 5.33. The first-order chi connectivity index (χ1) is 12.1. The summed E-state index contributed by atoms with van der Waals surface area (Å²) in [6, 6.07) is 6.05. The number of aliphatic hydroxyl groups is 1. The van der Waals surface area contributed by atoms with Gasteiger partial charge in [0, 0.05) is 45.9 Å². The Balaban J connectivity index is 2.10. The number of hydrogen-bond donors (Lipinski definition) is 1. The number of fused-ring (bicyclic) bond motifs is 3. The highest BCUT2D eigenvalue weighted by Crippen LogP contribution is 2.38. The second-order valence-corrected chi connectivity index (χ2v) is 6.54. The smallest absolute Gasteiger partial charge is 0.0707 e. The van der Waals surface area contributed by atoms with Crippen LogP contribution in [0.5, 0.6) is 0 Å². The molecule has 1 aromatic carbocycles. The molecule has 0 saturated carbocycles. The Hall–Kier alpha value is -2.37. The van der Waals surface area contributed by atoms with Crippen LogP contribution in [0.2, 0.25) is 5.02 Å². The summed E-state index contributed by atoms with van der Waals surface area (Å²) in [5.74, 6) is 0. The maximum absolute atomic E-state index is 9.13. The van der Waals surface area contributed by atoms with Gasteiger partial charge in [0.05, 0.1) is 36.1 Å². The molecule has 25 heavy (non-hydrogen) atoms. The van der Waals surface area contributed by atoms with Crippen LogP contribution in [0.15, 0.2) is 36.8 Å². The van der Waals surface area contributed by atoms with Gasteiger partial charge >= 0.3 is 0 Å². The van der Waals surface area contributed by atoms with Crippen molar-refractivity contribution in [2.75, 3.05) is 6.61 Å². The van der Waals surface area contributed by atoms with Crippen LogP contribution in [-0.2, 0) is 13.1 Å². The van der Waals surface area contributed by atoms with Gasteiger partial charge in [0.2, 0.25) is 0 Å². The van der Waals surface area contributed by atoms with Crippen molar-refractivity contribution in [3.05, 3.63) is 47.5 Å². The van der Waals surface area contributed by atoms with Gasteiger partial charge in [0.25, 0.3) is 0 Å². The third-order valence-electron chi connectivity index (χ3n) is 4.60. The molecule has 0 aliphatic rings. The van der Waals surface area contributed by atoms with Crippen LogP contribution in [0.25, 0.3) is 32.9 Å². The number of aryl methyl sites for hydroxylation is 2. The number of pyridine rings is 1. The second-order valence-electron chi connectivity index (χ2n) is 6.10. The van der Waals surface area contributed by atoms with E-state index in [-0.39, 0.29) is 6.61 Å². The average molecular weight is 355 g/mol. The van der Waals surface area contributed by atoms with E-state index in [0.29, 0.717) is 11.6 Å². The zero-order chi connectivity index (χ0) is 17.6. The van der Waals surface area contributed by atoms with Crippen LogP contribution < -0.4 is 0 Å². The van der Waals surface area contributed by atoms with Crippen molar-refractivity contribution >= 4 is 33.4 Å². The van der Waals surface area contributed by atoms with Crippen LogP contribution in [-0.4, -0.2) is 31.0 Å². The minimum absolute atomic E-state index is 0.0617. The van der Waals surface area contributed by atoms with E-state index in [0.717, 1.165) is 45.2 Å². The first-order valence-corrected chi connectivity index (χ1v) is 8.72. The highest BCUT2D eigenvalue weighted by atomic mass is 35.5. The second kappa shape index (κ2) is 6.17. The van der Waals surface area contributed by atoms with Crippen molar-refractivity contribution in [2.24, 2.45) is 0 Å². The molecule has 0 amide bonds. The summed E-state index contributed by atoms with van der Waals surface area (Å²) >= 11 is 6.44. The van der Waals surface area contributed by atoms with Gasteiger partial charge in [-0.15, -0.1) is 0 Å². The van der Waals surface area contributed by atoms with Crippen LogP contribution in [0, 0.1) is 6.92 Å². The molecule has 128 valence electrons. The largest absolute Gasteiger partial charge is 0.394 e. The van der Waals surface area contributed by atoms with Crippen molar-refractivity contribution in [3.8, 4) is 11.1 Å². The molecule has 5 nitrogen and oxygen atoms in total. The SMILES string of the molecule is CCn1c2c(-c3cnn(CCO)c3)cc(Cl)cc2c2ccnc(C)c21. The van der Waals surface area contributed by atoms with E-state index in [1.54, 1.807) is 4.68 Å². The molecule has 1 N–H and O–H groups in total. The normalized spacial score (nSPS) is 11.7. The van der Waals surface area contributed by atoms with Crippen LogP contribution in [0.4, 0.5) is 0 Å². The van der Waals surface area contributed by atoms with Gasteiger partial charge in [0.15, 0.2) is 0 Å². The lowest BCUT2D eigenvalue weighted by Gasteiger charge is -2.09. The zero-order valence-corrected chi connectivity index (χ0v) is 15.0. The highest BCUT2D eigenvalue weighted by Gasteiger charge is 2.18. The van der Waals surface area contributed by atoms with Crippen LogP contribution in [0.3, 0.4) is 0 Å². The number of aliphatic hydroxyl groups excluding tert-OH is 1. The fraction of sp³-hybridized carbons (Fsp3) is 0.263. The zero-order valence-electron chi connectivity index (χ0n) is 14.2. The molecule has 6 heteroatoms. The topological polar surface area (TPSA) is 55.9 Å². The summed E-state index contributed by atoms with van der Waals surface area (Å²) in [4.78, 5) is 4.47. The monoisotopic (exact) mass is 354 g/mol. The molecule has 4 aromatic rings. The molecule has 0 atom stereocenters. The summed E-state index contributed by atoms with van der Waals surface area (Å²) in [6.45, 7) is 5.55. The fourth-order valence-corrected chi connectivity index (χ4v) is 3.81. The molecule has 3 heterocycles. The third kappa shape index (κ3) is 2.51. The molecular formula is C19H19ClN4O. The molecule has 0 saturated heterocycles. The maximum atomic E-state index is 9.13. The minimum atomic E-state index is 0.0617. The Bertz CT molecular complexity index is 1080. The number of halogens is 1. The number of hydrogen-bond acceptors (Lipinski definition) is 3. The predicted molar refractivity (Wildman–Crippen MR) is 101 cm³/mol. The number of benzene rings is 1. The molecule has 0 aliphatic carbocycles. The molecule has 0 fully saturated rings. The van der Waals surface area contributed by atoms with Crippen molar-refractivity contribution < 1.29 is 5.11 Å². The quantitative estimate of drug-likeness (QED) is 0.602. The van der Waals surface area contributed by atoms with E-state index in [9.17, 15) is 0 Å². The highest BCUT2D eigenvalue weighted by molar-refractivity contribution is 6.32. The summed E-state index contributed by atoms with van der Waals surface area (Å²) in [6.07, 6.45) is 5.62. The van der Waals surface area contributed by atoms with E-state index in [2.05, 4.69) is 21.6 Å². The van der Waals surface area contributed by atoms with Gasteiger partial charge in [0.1, 0.15) is 0 Å². The van der Waals surface area contributed by atoms with Gasteiger partial charge in [-0.05, 0) is 32.0 Å². The number of rotatable bonds is 4. The Morgan fingerprint density at radius 3 is 2.80 bits per heavy atom. The lowest BCUT2D eigenvalue weighted by Crippen LogP contribution is -2.01. The summed E-state index contributed by atoms with van der Waals surface area (Å²) < 4.78 is 4.04. The first-order valence-electron chi connectivity index (χ1n) is 8.34. The molecule has 0 spiro atoms. The molecular weight excluding hydrogens is 336 g/mol. The van der Waals surface area contributed by atoms with Crippen LogP contribution >= 0.6 is 11.6 Å². The standard InChI is InChI=1S/C19H19ClN4O/c1-3-24-18-12(2)21-5-4-15(18)17-9-14(20)8-16(19(17)24)13-10-22-23(11-13)6-7-25/h4-5,8-11,25H,3,6-7H2,1-2H3. The van der Waals surface area contributed by atoms with Crippen molar-refractivity contribution in [3.63, 3.8) is 0 Å². The maximum Gasteiger partial charge on any atom is 0.0707 e. The predicted octanol–water partition coefficient (Wildman–Crippen LogP) is 4.03. The Labute approximate surface area is 150 Å². The molecule has 0 unspecified atom stereocenters. The molecule has 3 aromatic heterocycles. The van der Waals surface area contributed by atoms with Gasteiger partial charge in [-0.25, -0.2) is 0 Å². The molecule has 0 bridgehead atoms. The molecule has 0 radical (unpaired) electrons. The lowest BCUT2D eigenvalue weighted by molar-refractivity contribution is 0.269. The average Bonchev–Trinajstić information content (AvgIpc) is 3.18. The molecule has 0 aliphatic heterocycles. The fourth-order valence-electron chi connectivity index (χ4n) is 3.59. The van der Waals surface area contributed by atoms with Gasteiger partial charge in [-0.1, -0.05) is 11.6 Å². The van der Waals surface area contributed by atoms with E-state index >= 15 is 0 Å². The van der Waals surface area contributed by atoms with Crippen molar-refractivity contribution in [2.45, 2.75) is 26.9 Å². The number of aromatic nitrogens is 4. The Morgan fingerprint density at radius 2 is 2.04 bits per heavy atom. The molecule has 4 rings (SSSR count). The Morgan fingerprint density at radius 1 is 1.20 bits per heavy atom. The lowest BCUT2D eigenvalue weighted by atomic mass is 10.0.